The molecular formula is C28H36Cl2N2O4. The number of aryl methyl sites for hydroxylation is 2. The molecule has 1 aliphatic rings. The van der Waals surface area contributed by atoms with Crippen LogP contribution < -0.4 is 20.1 Å². The number of rotatable bonds is 9. The smallest absolute Gasteiger partial charge is 0.258 e. The molecule has 0 aromatic heterocycles. The zero-order chi connectivity index (χ0) is 26.5. The van der Waals surface area contributed by atoms with E-state index in [1.54, 1.807) is 36.4 Å². The van der Waals surface area contributed by atoms with Crippen LogP contribution in [0.5, 0.6) is 11.5 Å². The molecule has 0 heterocycles. The topological polar surface area (TPSA) is 76.7 Å². The molecule has 0 aliphatic heterocycles. The summed E-state index contributed by atoms with van der Waals surface area (Å²) < 4.78 is 11.4. The Morgan fingerprint density at radius 1 is 0.889 bits per heavy atom. The number of nitrogens with one attached hydrogen (secondary N) is 2. The van der Waals surface area contributed by atoms with Gasteiger partial charge in [-0.1, -0.05) is 44.0 Å². The quantitative estimate of drug-likeness (QED) is 0.420. The van der Waals surface area contributed by atoms with Crippen LogP contribution in [-0.4, -0.2) is 37.6 Å². The molecule has 0 spiro atoms. The molecule has 0 bridgehead atoms. The van der Waals surface area contributed by atoms with Crippen molar-refractivity contribution in [1.82, 2.24) is 10.6 Å². The monoisotopic (exact) mass is 534 g/mol. The lowest BCUT2D eigenvalue weighted by atomic mass is 9.62. The third kappa shape index (κ3) is 8.31. The van der Waals surface area contributed by atoms with Gasteiger partial charge in [-0.2, -0.15) is 0 Å². The number of benzene rings is 2. The average Bonchev–Trinajstić information content (AvgIpc) is 2.75. The fraction of sp³-hybridized carbons (Fsp3) is 0.500. The van der Waals surface area contributed by atoms with Crippen molar-refractivity contribution in [1.29, 1.82) is 0 Å². The van der Waals surface area contributed by atoms with Gasteiger partial charge >= 0.3 is 0 Å². The number of hydrogen-bond acceptors (Lipinski definition) is 4. The second-order valence-corrected chi connectivity index (χ2v) is 11.9. The highest BCUT2D eigenvalue weighted by atomic mass is 35.5. The van der Waals surface area contributed by atoms with E-state index in [0.29, 0.717) is 28.1 Å². The summed E-state index contributed by atoms with van der Waals surface area (Å²) in [6.45, 7) is 10.7. The Morgan fingerprint density at radius 3 is 1.94 bits per heavy atom. The van der Waals surface area contributed by atoms with Gasteiger partial charge in [0.25, 0.3) is 11.8 Å². The van der Waals surface area contributed by atoms with Crippen LogP contribution in [-0.2, 0) is 9.59 Å². The summed E-state index contributed by atoms with van der Waals surface area (Å²) in [5, 5.41) is 7.42. The second-order valence-electron chi connectivity index (χ2n) is 11.0. The molecule has 1 fully saturated rings. The summed E-state index contributed by atoms with van der Waals surface area (Å²) in [6.07, 6.45) is 2.56. The Hall–Kier alpha value is -2.44. The third-order valence-electron chi connectivity index (χ3n) is 6.51. The van der Waals surface area contributed by atoms with Gasteiger partial charge < -0.3 is 20.1 Å². The molecular weight excluding hydrogens is 499 g/mol. The van der Waals surface area contributed by atoms with E-state index >= 15 is 0 Å². The van der Waals surface area contributed by atoms with Crippen LogP contribution in [0.1, 0.15) is 51.2 Å². The van der Waals surface area contributed by atoms with Crippen LogP contribution in [0.4, 0.5) is 0 Å². The number of halogens is 2. The normalized spacial score (nSPS) is 20.9. The number of hydrogen-bond donors (Lipinski definition) is 2. The van der Waals surface area contributed by atoms with Crippen LogP contribution >= 0.6 is 23.2 Å². The summed E-state index contributed by atoms with van der Waals surface area (Å²) in [4.78, 5) is 25.2. The predicted molar refractivity (Wildman–Crippen MR) is 144 cm³/mol. The number of ether oxygens (including phenoxy) is 2. The van der Waals surface area contributed by atoms with E-state index in [1.165, 1.54) is 0 Å². The molecule has 36 heavy (non-hydrogen) atoms. The first-order valence-corrected chi connectivity index (χ1v) is 12.9. The van der Waals surface area contributed by atoms with Crippen molar-refractivity contribution in [2.75, 3.05) is 19.8 Å². The molecule has 2 atom stereocenters. The van der Waals surface area contributed by atoms with E-state index in [1.807, 2.05) is 13.8 Å². The lowest BCUT2D eigenvalue weighted by Crippen LogP contribution is -2.51. The molecule has 3 rings (SSSR count). The Kier molecular flexibility index (Phi) is 9.18. The van der Waals surface area contributed by atoms with Gasteiger partial charge in [-0.25, -0.2) is 0 Å². The average molecular weight is 536 g/mol. The van der Waals surface area contributed by atoms with E-state index in [4.69, 9.17) is 32.7 Å². The zero-order valence-electron chi connectivity index (χ0n) is 21.7. The lowest BCUT2D eigenvalue weighted by Gasteiger charge is -2.47. The molecule has 2 amide bonds. The van der Waals surface area contributed by atoms with Crippen LogP contribution in [0, 0.1) is 24.7 Å². The van der Waals surface area contributed by atoms with Crippen LogP contribution in [0.15, 0.2) is 36.4 Å². The molecule has 2 N–H and O–H groups in total. The Balaban J connectivity index is 1.51. The van der Waals surface area contributed by atoms with Gasteiger partial charge in [-0.05, 0) is 91.5 Å². The van der Waals surface area contributed by atoms with Crippen molar-refractivity contribution in [3.8, 4) is 11.5 Å². The first-order valence-electron chi connectivity index (χ1n) is 12.2. The molecule has 2 aromatic carbocycles. The number of carbonyl (C=O) groups excluding carboxylic acids is 2. The standard InChI is InChI=1S/C28H36Cl2N2O4/c1-18-10-20(29)6-8-23(18)35-14-25(33)31-17-28(5)13-22(12-27(3,4)16-28)32-26(34)15-36-24-9-7-21(30)11-19(24)2/h6-11,22H,12-17H2,1-5H3,(H,31,33)(H,32,34)/t22?,28-/m1/s1. The minimum absolute atomic E-state index is 0.00830. The maximum atomic E-state index is 12.7. The minimum atomic E-state index is -0.179. The van der Waals surface area contributed by atoms with Crippen LogP contribution in [0.25, 0.3) is 0 Å². The molecule has 8 heteroatoms. The van der Waals surface area contributed by atoms with E-state index in [0.717, 1.165) is 30.4 Å². The molecule has 6 nitrogen and oxygen atoms in total. The van der Waals surface area contributed by atoms with Crippen LogP contribution in [0.3, 0.4) is 0 Å². The van der Waals surface area contributed by atoms with Crippen molar-refractivity contribution in [3.63, 3.8) is 0 Å². The maximum Gasteiger partial charge on any atom is 0.258 e. The van der Waals surface area contributed by atoms with Gasteiger partial charge in [-0.3, -0.25) is 9.59 Å². The van der Waals surface area contributed by atoms with Gasteiger partial charge in [0, 0.05) is 22.6 Å². The van der Waals surface area contributed by atoms with E-state index in [-0.39, 0.29) is 41.9 Å². The Bertz CT molecular complexity index is 1100. The van der Waals surface area contributed by atoms with Crippen molar-refractivity contribution in [3.05, 3.63) is 57.6 Å². The molecule has 1 unspecified atom stereocenters. The minimum Gasteiger partial charge on any atom is -0.484 e. The number of amides is 2. The zero-order valence-corrected chi connectivity index (χ0v) is 23.2. The molecule has 2 aromatic rings. The summed E-state index contributed by atoms with van der Waals surface area (Å²) in [5.74, 6) is 0.937. The highest BCUT2D eigenvalue weighted by Crippen LogP contribution is 2.45. The first-order chi connectivity index (χ1) is 16.8. The van der Waals surface area contributed by atoms with Gasteiger partial charge in [0.2, 0.25) is 0 Å². The van der Waals surface area contributed by atoms with Crippen molar-refractivity contribution < 1.29 is 19.1 Å². The highest BCUT2D eigenvalue weighted by molar-refractivity contribution is 6.31. The van der Waals surface area contributed by atoms with E-state index < -0.39 is 0 Å². The molecule has 0 radical (unpaired) electrons. The van der Waals surface area contributed by atoms with Crippen LogP contribution in [0.2, 0.25) is 10.0 Å². The fourth-order valence-corrected chi connectivity index (χ4v) is 5.79. The molecule has 196 valence electrons. The summed E-state index contributed by atoms with van der Waals surface area (Å²) in [7, 11) is 0. The van der Waals surface area contributed by atoms with E-state index in [9.17, 15) is 9.59 Å². The Morgan fingerprint density at radius 2 is 1.42 bits per heavy atom. The Labute approximate surface area is 224 Å². The lowest BCUT2D eigenvalue weighted by molar-refractivity contribution is -0.126. The molecule has 0 saturated heterocycles. The number of carbonyl (C=O) groups is 2. The maximum absolute atomic E-state index is 12.7. The van der Waals surface area contributed by atoms with Crippen molar-refractivity contribution >= 4 is 35.0 Å². The SMILES string of the molecule is Cc1cc(Cl)ccc1OCC(=O)NC[C@]1(C)CC(NC(=O)COc2ccc(Cl)cc2C)CC(C)(C)C1. The summed E-state index contributed by atoms with van der Waals surface area (Å²) >= 11 is 12.0. The van der Waals surface area contributed by atoms with Gasteiger partial charge in [0.1, 0.15) is 11.5 Å². The first kappa shape index (κ1) is 28.1. The van der Waals surface area contributed by atoms with Gasteiger partial charge in [0.15, 0.2) is 13.2 Å². The molecule has 1 aliphatic carbocycles. The van der Waals surface area contributed by atoms with Gasteiger partial charge in [0.05, 0.1) is 0 Å². The second kappa shape index (κ2) is 11.7. The third-order valence-corrected chi connectivity index (χ3v) is 6.98. The highest BCUT2D eigenvalue weighted by Gasteiger charge is 2.41. The largest absolute Gasteiger partial charge is 0.484 e. The van der Waals surface area contributed by atoms with Crippen molar-refractivity contribution in [2.45, 2.75) is 59.9 Å². The fourth-order valence-electron chi connectivity index (χ4n) is 5.34. The van der Waals surface area contributed by atoms with Gasteiger partial charge in [-0.15, -0.1) is 0 Å². The summed E-state index contributed by atoms with van der Waals surface area (Å²) in [6, 6.07) is 10.6. The predicted octanol–water partition coefficient (Wildman–Crippen LogP) is 5.89. The molecule has 1 saturated carbocycles. The van der Waals surface area contributed by atoms with E-state index in [2.05, 4.69) is 31.4 Å². The van der Waals surface area contributed by atoms with Crippen molar-refractivity contribution in [2.24, 2.45) is 10.8 Å². The summed E-state index contributed by atoms with van der Waals surface area (Å²) in [5.41, 5.74) is 1.61.